The maximum atomic E-state index is 4.85. The van der Waals surface area contributed by atoms with E-state index in [-0.39, 0.29) is 0 Å². The normalized spacial score (nSPS) is 9.70. The van der Waals surface area contributed by atoms with Crippen LogP contribution >= 0.6 is 9.47 Å². The van der Waals surface area contributed by atoms with Crippen LogP contribution in [-0.2, 0) is 10.9 Å². The summed E-state index contributed by atoms with van der Waals surface area (Å²) in [6.07, 6.45) is 0.970. The second-order valence-corrected chi connectivity index (χ2v) is 2.36. The maximum absolute atomic E-state index is 4.85. The van der Waals surface area contributed by atoms with E-state index < -0.39 is 0 Å². The van der Waals surface area contributed by atoms with Crippen molar-refractivity contribution in [3.8, 4) is 0 Å². The summed E-state index contributed by atoms with van der Waals surface area (Å²) in [5.41, 5.74) is 1.29. The summed E-state index contributed by atoms with van der Waals surface area (Å²) in [6.45, 7) is 0.759. The van der Waals surface area contributed by atoms with Gasteiger partial charge in [0.1, 0.15) is 0 Å². The molecule has 0 saturated heterocycles. The molecule has 1 aromatic carbocycles. The largest absolute Gasteiger partial charge is 0.365 e. The first kappa shape index (κ1) is 7.71. The van der Waals surface area contributed by atoms with E-state index in [0.29, 0.717) is 0 Å². The van der Waals surface area contributed by atoms with E-state index in [1.807, 2.05) is 24.3 Å². The second-order valence-electron chi connectivity index (χ2n) is 2.03. The van der Waals surface area contributed by atoms with Crippen molar-refractivity contribution < 1.29 is 4.52 Å². The molecule has 1 atom stereocenters. The van der Waals surface area contributed by atoms with Gasteiger partial charge in [-0.05, 0) is 18.1 Å². The molecule has 0 fully saturated rings. The predicted octanol–water partition coefficient (Wildman–Crippen LogP) is 1.84. The number of hydrogen-bond donors (Lipinski definition) is 0. The van der Waals surface area contributed by atoms with Gasteiger partial charge in [-0.1, -0.05) is 24.3 Å². The molecule has 0 aliphatic rings. The summed E-state index contributed by atoms with van der Waals surface area (Å²) in [4.78, 5) is 0. The van der Waals surface area contributed by atoms with E-state index in [2.05, 4.69) is 15.5 Å². The Morgan fingerprint density at radius 1 is 1.40 bits per heavy atom. The lowest BCUT2D eigenvalue weighted by Crippen LogP contribution is -1.89. The van der Waals surface area contributed by atoms with Gasteiger partial charge in [0.05, 0.1) is 6.61 Å². The highest BCUT2D eigenvalue weighted by atomic mass is 31.0. The number of rotatable bonds is 3. The number of benzene rings is 1. The Bertz CT molecular complexity index is 174. The van der Waals surface area contributed by atoms with Crippen LogP contribution in [-0.4, -0.2) is 6.61 Å². The van der Waals surface area contributed by atoms with E-state index in [1.54, 1.807) is 0 Å². The number of hydrogen-bond acceptors (Lipinski definition) is 1. The smallest absolute Gasteiger partial charge is 0.0542 e. The highest BCUT2D eigenvalue weighted by molar-refractivity contribution is 7.09. The minimum absolute atomic E-state index is 0.759. The third-order valence-corrected chi connectivity index (χ3v) is 1.53. The first-order valence-corrected chi connectivity index (χ1v) is 3.67. The van der Waals surface area contributed by atoms with Crippen LogP contribution in [0.1, 0.15) is 5.56 Å². The van der Waals surface area contributed by atoms with Crippen LogP contribution in [0.3, 0.4) is 0 Å². The molecule has 0 bridgehead atoms. The van der Waals surface area contributed by atoms with E-state index in [1.165, 1.54) is 5.56 Å². The SMILES string of the molecule is POCCc1cc[c]cc1. The topological polar surface area (TPSA) is 9.23 Å². The fourth-order valence-corrected chi connectivity index (χ4v) is 0.883. The average Bonchev–Trinajstić information content (AvgIpc) is 2.03. The van der Waals surface area contributed by atoms with Gasteiger partial charge in [0.2, 0.25) is 0 Å². The molecule has 53 valence electrons. The van der Waals surface area contributed by atoms with E-state index >= 15 is 0 Å². The van der Waals surface area contributed by atoms with Gasteiger partial charge < -0.3 is 4.52 Å². The summed E-state index contributed by atoms with van der Waals surface area (Å²) < 4.78 is 4.85. The Hall–Kier alpha value is -0.390. The van der Waals surface area contributed by atoms with Gasteiger partial charge in [-0.2, -0.15) is 0 Å². The lowest BCUT2D eigenvalue weighted by atomic mass is 10.2. The van der Waals surface area contributed by atoms with Crippen LogP contribution in [0.4, 0.5) is 0 Å². The van der Waals surface area contributed by atoms with Gasteiger partial charge >= 0.3 is 0 Å². The molecule has 0 aromatic heterocycles. The van der Waals surface area contributed by atoms with Gasteiger partial charge in [-0.15, -0.1) is 0 Å². The standard InChI is InChI=1S/C8H10OP/c10-9-7-6-8-4-2-1-3-5-8/h2-5H,6-7,10H2. The van der Waals surface area contributed by atoms with Crippen LogP contribution in [0.15, 0.2) is 24.3 Å². The molecule has 0 heterocycles. The average molecular weight is 153 g/mol. The van der Waals surface area contributed by atoms with Gasteiger partial charge in [-0.25, -0.2) is 0 Å². The Labute approximate surface area is 63.7 Å². The van der Waals surface area contributed by atoms with Crippen molar-refractivity contribution in [3.05, 3.63) is 35.9 Å². The van der Waals surface area contributed by atoms with E-state index in [4.69, 9.17) is 4.52 Å². The monoisotopic (exact) mass is 153 g/mol. The first-order valence-electron chi connectivity index (χ1n) is 3.20. The molecule has 0 spiro atoms. The molecular formula is C8H10OP. The van der Waals surface area contributed by atoms with Crippen LogP contribution < -0.4 is 0 Å². The maximum Gasteiger partial charge on any atom is 0.0542 e. The predicted molar refractivity (Wildman–Crippen MR) is 44.6 cm³/mol. The molecule has 10 heavy (non-hydrogen) atoms. The molecule has 0 saturated carbocycles. The molecule has 1 aromatic rings. The quantitative estimate of drug-likeness (QED) is 0.602. The molecule has 1 rings (SSSR count). The van der Waals surface area contributed by atoms with E-state index in [0.717, 1.165) is 13.0 Å². The fraction of sp³-hybridized carbons (Fsp3) is 0.250. The zero-order valence-corrected chi connectivity index (χ0v) is 6.86. The fourth-order valence-electron chi connectivity index (χ4n) is 0.765. The van der Waals surface area contributed by atoms with Gasteiger partial charge in [0.25, 0.3) is 0 Å². The molecule has 0 aliphatic carbocycles. The molecule has 0 aliphatic heterocycles. The summed E-state index contributed by atoms with van der Waals surface area (Å²) >= 11 is 0. The van der Waals surface area contributed by atoms with Crippen LogP contribution in [0.5, 0.6) is 0 Å². The molecule has 1 unspecified atom stereocenters. The van der Waals surface area contributed by atoms with E-state index in [9.17, 15) is 0 Å². The molecule has 1 nitrogen and oxygen atoms in total. The molecule has 0 N–H and O–H groups in total. The van der Waals surface area contributed by atoms with Crippen molar-refractivity contribution >= 4 is 9.47 Å². The van der Waals surface area contributed by atoms with Crippen molar-refractivity contribution in [2.24, 2.45) is 0 Å². The third kappa shape index (κ3) is 2.47. The van der Waals surface area contributed by atoms with Gasteiger partial charge in [-0.3, -0.25) is 0 Å². The Morgan fingerprint density at radius 3 is 2.70 bits per heavy atom. The third-order valence-electron chi connectivity index (χ3n) is 1.30. The van der Waals surface area contributed by atoms with Gasteiger partial charge in [0, 0.05) is 9.47 Å². The Balaban J connectivity index is 2.43. The van der Waals surface area contributed by atoms with Gasteiger partial charge in [0.15, 0.2) is 0 Å². The molecule has 0 amide bonds. The molecular weight excluding hydrogens is 143 g/mol. The van der Waals surface area contributed by atoms with Crippen molar-refractivity contribution in [3.63, 3.8) is 0 Å². The Morgan fingerprint density at radius 2 is 2.10 bits per heavy atom. The highest BCUT2D eigenvalue weighted by Crippen LogP contribution is 1.99. The van der Waals surface area contributed by atoms with Crippen molar-refractivity contribution in [2.45, 2.75) is 6.42 Å². The van der Waals surface area contributed by atoms with Crippen LogP contribution in [0.2, 0.25) is 0 Å². The highest BCUT2D eigenvalue weighted by Gasteiger charge is 1.87. The van der Waals surface area contributed by atoms with Crippen LogP contribution in [0, 0.1) is 6.07 Å². The zero-order valence-electron chi connectivity index (χ0n) is 5.71. The molecule has 2 heteroatoms. The Kier molecular flexibility index (Phi) is 3.42. The minimum atomic E-state index is 0.759. The van der Waals surface area contributed by atoms with Crippen molar-refractivity contribution in [1.82, 2.24) is 0 Å². The lowest BCUT2D eigenvalue weighted by molar-refractivity contribution is 0.377. The summed E-state index contributed by atoms with van der Waals surface area (Å²) in [7, 11) is 2.24. The second kappa shape index (κ2) is 4.43. The van der Waals surface area contributed by atoms with Crippen molar-refractivity contribution in [1.29, 1.82) is 0 Å². The minimum Gasteiger partial charge on any atom is -0.365 e. The summed E-state index contributed by atoms with van der Waals surface area (Å²) in [6, 6.07) is 10.9. The summed E-state index contributed by atoms with van der Waals surface area (Å²) in [5.74, 6) is 0. The summed E-state index contributed by atoms with van der Waals surface area (Å²) in [5, 5.41) is 0. The first-order chi connectivity index (χ1) is 4.93. The zero-order chi connectivity index (χ0) is 7.23. The molecule has 1 radical (unpaired) electrons. The van der Waals surface area contributed by atoms with Crippen LogP contribution in [0.25, 0.3) is 0 Å². The van der Waals surface area contributed by atoms with Crippen molar-refractivity contribution in [2.75, 3.05) is 6.61 Å². The lowest BCUT2D eigenvalue weighted by Gasteiger charge is -1.97.